The third-order valence-electron chi connectivity index (χ3n) is 6.46. The van der Waals surface area contributed by atoms with E-state index in [0.717, 1.165) is 48.7 Å². The van der Waals surface area contributed by atoms with E-state index in [-0.39, 0.29) is 23.6 Å². The second kappa shape index (κ2) is 8.33. The number of aryl methyl sites for hydroxylation is 1. The second-order valence-electron chi connectivity index (χ2n) is 9.18. The maximum Gasteiger partial charge on any atom is 0.317 e. The molecular formula is C23H29N7O2S. The van der Waals surface area contributed by atoms with Gasteiger partial charge in [-0.1, -0.05) is 0 Å². The Morgan fingerprint density at radius 2 is 2.06 bits per heavy atom. The first-order valence-electron chi connectivity index (χ1n) is 11.3. The minimum atomic E-state index is -0.221. The fraction of sp³-hybridized carbons (Fsp3) is 0.478. The zero-order valence-electron chi connectivity index (χ0n) is 19.1. The average molecular weight is 468 g/mol. The quantitative estimate of drug-likeness (QED) is 0.593. The zero-order chi connectivity index (χ0) is 23.2. The van der Waals surface area contributed by atoms with E-state index in [1.165, 1.54) is 5.69 Å². The molecule has 2 atom stereocenters. The molecule has 2 aliphatic heterocycles. The van der Waals surface area contributed by atoms with E-state index in [4.69, 9.17) is 15.6 Å². The van der Waals surface area contributed by atoms with Crippen LogP contribution in [-0.4, -0.2) is 49.8 Å². The molecule has 3 N–H and O–H groups in total. The molecule has 3 aromatic heterocycles. The summed E-state index contributed by atoms with van der Waals surface area (Å²) in [5, 5.41) is 10.7. The monoisotopic (exact) mass is 467 g/mol. The fourth-order valence-electron chi connectivity index (χ4n) is 4.77. The van der Waals surface area contributed by atoms with Gasteiger partial charge >= 0.3 is 6.03 Å². The molecule has 5 heterocycles. The zero-order valence-corrected chi connectivity index (χ0v) is 19.9. The number of ether oxygens (including phenoxy) is 1. The standard InChI is InChI=1S/C23H29N7O2S/c1-14(2)27-22(31)29-7-4-23(13-29)5-8-30-19(23)11-17(28-30)16-10-18(20(24)26-12-16)32-15(3)21-25-6-9-33-21/h6,9-12,14-15H,4-5,7-8,13H2,1-3H3,(H2,24,26)(H,27,31)/t15-,23-/m1/s1. The lowest BCUT2D eigenvalue weighted by molar-refractivity contribution is 0.203. The number of amides is 2. The molecule has 10 heteroatoms. The predicted molar refractivity (Wildman–Crippen MR) is 127 cm³/mol. The minimum Gasteiger partial charge on any atom is -0.480 e. The molecule has 0 aliphatic carbocycles. The Balaban J connectivity index is 1.37. The summed E-state index contributed by atoms with van der Waals surface area (Å²) < 4.78 is 8.15. The van der Waals surface area contributed by atoms with Crippen molar-refractivity contribution in [2.75, 3.05) is 18.8 Å². The Bertz CT molecular complexity index is 1160. The number of carbonyl (C=O) groups is 1. The Kier molecular flexibility index (Phi) is 5.48. The normalized spacial score (nSPS) is 20.4. The highest BCUT2D eigenvalue weighted by molar-refractivity contribution is 7.09. The highest BCUT2D eigenvalue weighted by Gasteiger charge is 2.47. The van der Waals surface area contributed by atoms with Gasteiger partial charge in [0.15, 0.2) is 11.6 Å². The van der Waals surface area contributed by atoms with Crippen molar-refractivity contribution in [3.8, 4) is 17.0 Å². The Hall–Kier alpha value is -3.14. The number of nitrogens with one attached hydrogen (secondary N) is 1. The summed E-state index contributed by atoms with van der Waals surface area (Å²) in [5.74, 6) is 0.864. The lowest BCUT2D eigenvalue weighted by Crippen LogP contribution is -2.43. The van der Waals surface area contributed by atoms with Crippen LogP contribution in [0.1, 0.15) is 50.4 Å². The summed E-state index contributed by atoms with van der Waals surface area (Å²) in [6, 6.07) is 4.17. The molecule has 0 bridgehead atoms. The average Bonchev–Trinajstić information content (AvgIpc) is 3.56. The van der Waals surface area contributed by atoms with Crippen LogP contribution in [0.5, 0.6) is 5.75 Å². The van der Waals surface area contributed by atoms with Crippen molar-refractivity contribution in [1.29, 1.82) is 0 Å². The summed E-state index contributed by atoms with van der Waals surface area (Å²) in [6.07, 6.45) is 5.22. The van der Waals surface area contributed by atoms with Gasteiger partial charge in [0.25, 0.3) is 0 Å². The van der Waals surface area contributed by atoms with Crippen molar-refractivity contribution in [2.24, 2.45) is 0 Å². The molecule has 9 nitrogen and oxygen atoms in total. The number of hydrogen-bond donors (Lipinski definition) is 2. The third kappa shape index (κ3) is 4.03. The first kappa shape index (κ1) is 21.7. The van der Waals surface area contributed by atoms with Crippen molar-refractivity contribution < 1.29 is 9.53 Å². The maximum atomic E-state index is 12.5. The number of nitrogens with zero attached hydrogens (tertiary/aromatic N) is 5. The predicted octanol–water partition coefficient (Wildman–Crippen LogP) is 3.59. The van der Waals surface area contributed by atoms with Crippen molar-refractivity contribution in [1.82, 2.24) is 30.0 Å². The van der Waals surface area contributed by atoms with E-state index in [1.807, 2.05) is 37.1 Å². The Morgan fingerprint density at radius 3 is 2.82 bits per heavy atom. The first-order chi connectivity index (χ1) is 15.8. The molecule has 2 aliphatic rings. The van der Waals surface area contributed by atoms with Crippen LogP contribution in [-0.2, 0) is 12.0 Å². The molecule has 1 spiro atoms. The van der Waals surface area contributed by atoms with Crippen LogP contribution in [0.4, 0.5) is 10.6 Å². The second-order valence-corrected chi connectivity index (χ2v) is 10.1. The first-order valence-corrected chi connectivity index (χ1v) is 12.2. The number of nitrogens with two attached hydrogens (primary N) is 1. The Morgan fingerprint density at radius 1 is 1.24 bits per heavy atom. The van der Waals surface area contributed by atoms with Crippen LogP contribution in [0, 0.1) is 0 Å². The van der Waals surface area contributed by atoms with Crippen LogP contribution < -0.4 is 15.8 Å². The number of thiazole rings is 1. The van der Waals surface area contributed by atoms with Gasteiger partial charge in [-0.15, -0.1) is 11.3 Å². The van der Waals surface area contributed by atoms with Gasteiger partial charge in [-0.3, -0.25) is 4.68 Å². The van der Waals surface area contributed by atoms with E-state index in [9.17, 15) is 4.79 Å². The van der Waals surface area contributed by atoms with Crippen LogP contribution in [0.2, 0.25) is 0 Å². The molecule has 0 radical (unpaired) electrons. The number of pyridine rings is 1. The number of urea groups is 1. The van der Waals surface area contributed by atoms with Crippen LogP contribution in [0.3, 0.4) is 0 Å². The van der Waals surface area contributed by atoms with E-state index >= 15 is 0 Å². The molecule has 5 rings (SSSR count). The fourth-order valence-corrected chi connectivity index (χ4v) is 5.39. The number of rotatable bonds is 5. The van der Waals surface area contributed by atoms with Gasteiger partial charge in [-0.25, -0.2) is 14.8 Å². The highest BCUT2D eigenvalue weighted by atomic mass is 32.1. The number of likely N-dealkylation sites (tertiary alicyclic amines) is 1. The lowest BCUT2D eigenvalue weighted by atomic mass is 9.82. The Labute approximate surface area is 197 Å². The highest BCUT2D eigenvalue weighted by Crippen LogP contribution is 2.44. The van der Waals surface area contributed by atoms with E-state index in [2.05, 4.69) is 26.0 Å². The van der Waals surface area contributed by atoms with Gasteiger partial charge in [-0.2, -0.15) is 5.10 Å². The van der Waals surface area contributed by atoms with Crippen LogP contribution in [0.25, 0.3) is 11.3 Å². The molecular weight excluding hydrogens is 438 g/mol. The van der Waals surface area contributed by atoms with Crippen LogP contribution >= 0.6 is 11.3 Å². The molecule has 0 saturated carbocycles. The van der Waals surface area contributed by atoms with Crippen molar-refractivity contribution in [2.45, 2.75) is 57.7 Å². The topological polar surface area (TPSA) is 111 Å². The van der Waals surface area contributed by atoms with E-state index in [1.54, 1.807) is 23.7 Å². The third-order valence-corrected chi connectivity index (χ3v) is 7.40. The summed E-state index contributed by atoms with van der Waals surface area (Å²) in [6.45, 7) is 8.24. The number of hydrogen-bond acceptors (Lipinski definition) is 7. The maximum absolute atomic E-state index is 12.5. The molecule has 1 fully saturated rings. The van der Waals surface area contributed by atoms with E-state index in [0.29, 0.717) is 11.6 Å². The summed E-state index contributed by atoms with van der Waals surface area (Å²) >= 11 is 1.54. The number of aromatic nitrogens is 4. The molecule has 0 unspecified atom stereocenters. The van der Waals surface area contributed by atoms with Crippen molar-refractivity contribution in [3.05, 3.63) is 40.6 Å². The van der Waals surface area contributed by atoms with Gasteiger partial charge in [0.05, 0.1) is 5.69 Å². The number of nitrogen functional groups attached to an aromatic ring is 1. The van der Waals surface area contributed by atoms with Gasteiger partial charge < -0.3 is 20.7 Å². The van der Waals surface area contributed by atoms with Gasteiger partial charge in [0.1, 0.15) is 11.1 Å². The molecule has 3 aromatic rings. The lowest BCUT2D eigenvalue weighted by Gasteiger charge is -2.24. The van der Waals surface area contributed by atoms with Crippen molar-refractivity contribution in [3.63, 3.8) is 0 Å². The molecule has 174 valence electrons. The molecule has 1 saturated heterocycles. The summed E-state index contributed by atoms with van der Waals surface area (Å²) in [4.78, 5) is 23.1. The molecule has 2 amide bonds. The van der Waals surface area contributed by atoms with Gasteiger partial charge in [-0.05, 0) is 45.7 Å². The number of fused-ring (bicyclic) bond motifs is 2. The largest absolute Gasteiger partial charge is 0.480 e. The SMILES string of the molecule is CC(C)NC(=O)N1CC[C@@]2(CCn3nc(-c4cnc(N)c(O[C@H](C)c5nccs5)c4)cc32)C1. The minimum absolute atomic E-state index is 0.0129. The van der Waals surface area contributed by atoms with Gasteiger partial charge in [0, 0.05) is 60.1 Å². The summed E-state index contributed by atoms with van der Waals surface area (Å²) in [5.41, 5.74) is 8.94. The van der Waals surface area contributed by atoms with Crippen LogP contribution in [0.15, 0.2) is 29.9 Å². The summed E-state index contributed by atoms with van der Waals surface area (Å²) in [7, 11) is 0. The molecule has 33 heavy (non-hydrogen) atoms. The smallest absolute Gasteiger partial charge is 0.317 e. The number of carbonyl (C=O) groups excluding carboxylic acids is 1. The van der Waals surface area contributed by atoms with E-state index < -0.39 is 0 Å². The number of anilines is 1. The van der Waals surface area contributed by atoms with Crippen molar-refractivity contribution >= 4 is 23.2 Å². The van der Waals surface area contributed by atoms with Gasteiger partial charge in [0.2, 0.25) is 0 Å². The molecule has 0 aromatic carbocycles.